The predicted molar refractivity (Wildman–Crippen MR) is 105 cm³/mol. The first-order valence-corrected chi connectivity index (χ1v) is 8.52. The molecule has 0 unspecified atom stereocenters. The van der Waals surface area contributed by atoms with Gasteiger partial charge in [0.1, 0.15) is 0 Å². The van der Waals surface area contributed by atoms with Crippen molar-refractivity contribution in [3.8, 4) is 11.3 Å². The second-order valence-corrected chi connectivity index (χ2v) is 6.39. The third kappa shape index (κ3) is 2.26. The Kier molecular flexibility index (Phi) is 3.19. The Morgan fingerprint density at radius 2 is 1.28 bits per heavy atom. The van der Waals surface area contributed by atoms with Crippen molar-refractivity contribution >= 4 is 44.0 Å². The van der Waals surface area contributed by atoms with E-state index in [1.54, 1.807) is 0 Å². The summed E-state index contributed by atoms with van der Waals surface area (Å²) in [7, 11) is 0. The van der Waals surface area contributed by atoms with Crippen LogP contribution in [0, 0.1) is 0 Å². The van der Waals surface area contributed by atoms with Crippen molar-refractivity contribution in [1.82, 2.24) is 9.97 Å². The minimum Gasteiger partial charge on any atom is -0.218 e. The third-order valence-electron chi connectivity index (χ3n) is 4.61. The normalized spacial score (nSPS) is 11.4. The molecular formula is C22H13ClN2. The molecule has 25 heavy (non-hydrogen) atoms. The molecule has 4 aromatic carbocycles. The first-order chi connectivity index (χ1) is 12.3. The van der Waals surface area contributed by atoms with Crippen molar-refractivity contribution in [3.63, 3.8) is 0 Å². The number of rotatable bonds is 1. The Hall–Kier alpha value is -2.97. The van der Waals surface area contributed by atoms with Gasteiger partial charge in [-0.3, -0.25) is 0 Å². The van der Waals surface area contributed by atoms with Gasteiger partial charge >= 0.3 is 0 Å². The maximum Gasteiger partial charge on any atom is 0.223 e. The molecule has 5 rings (SSSR count). The van der Waals surface area contributed by atoms with Crippen LogP contribution in [0.1, 0.15) is 0 Å². The maximum atomic E-state index is 6.25. The van der Waals surface area contributed by atoms with Gasteiger partial charge in [0.25, 0.3) is 0 Å². The molecular weight excluding hydrogens is 328 g/mol. The van der Waals surface area contributed by atoms with Crippen molar-refractivity contribution in [2.75, 3.05) is 0 Å². The molecule has 0 saturated heterocycles. The van der Waals surface area contributed by atoms with Crippen LogP contribution in [0.5, 0.6) is 0 Å². The Bertz CT molecular complexity index is 1260. The SMILES string of the molecule is Clc1nc(-c2cccc3ccccc23)c2c(ccc3ccccc32)n1. The van der Waals surface area contributed by atoms with E-state index in [1.165, 1.54) is 10.8 Å². The monoisotopic (exact) mass is 340 g/mol. The Balaban J connectivity index is 2.00. The molecule has 1 aromatic heterocycles. The van der Waals surface area contributed by atoms with E-state index in [4.69, 9.17) is 11.6 Å². The molecule has 0 atom stereocenters. The van der Waals surface area contributed by atoms with Gasteiger partial charge in [0.05, 0.1) is 11.2 Å². The van der Waals surface area contributed by atoms with Gasteiger partial charge in [0.15, 0.2) is 0 Å². The second-order valence-electron chi connectivity index (χ2n) is 6.05. The molecule has 3 heteroatoms. The second kappa shape index (κ2) is 5.54. The molecule has 0 saturated carbocycles. The lowest BCUT2D eigenvalue weighted by Gasteiger charge is -2.11. The van der Waals surface area contributed by atoms with Gasteiger partial charge in [-0.25, -0.2) is 9.97 Å². The van der Waals surface area contributed by atoms with E-state index in [1.807, 2.05) is 24.3 Å². The molecule has 5 aromatic rings. The highest BCUT2D eigenvalue weighted by Crippen LogP contribution is 2.36. The van der Waals surface area contributed by atoms with Gasteiger partial charge in [-0.2, -0.15) is 0 Å². The third-order valence-corrected chi connectivity index (χ3v) is 4.77. The summed E-state index contributed by atoms with van der Waals surface area (Å²) in [6.07, 6.45) is 0. The highest BCUT2D eigenvalue weighted by atomic mass is 35.5. The standard InChI is InChI=1S/C22H13ClN2/c23-22-24-19-13-12-15-7-2-4-10-17(15)20(19)21(25-22)18-11-5-8-14-6-1-3-9-16(14)18/h1-13H. The molecule has 0 spiro atoms. The summed E-state index contributed by atoms with van der Waals surface area (Å²) >= 11 is 6.25. The lowest BCUT2D eigenvalue weighted by molar-refractivity contribution is 1.23. The van der Waals surface area contributed by atoms with Crippen molar-refractivity contribution in [1.29, 1.82) is 0 Å². The molecule has 2 nitrogen and oxygen atoms in total. The number of nitrogens with zero attached hydrogens (tertiary/aromatic N) is 2. The fraction of sp³-hybridized carbons (Fsp3) is 0. The number of fused-ring (bicyclic) bond motifs is 4. The van der Waals surface area contributed by atoms with Crippen molar-refractivity contribution in [2.24, 2.45) is 0 Å². The molecule has 0 N–H and O–H groups in total. The largest absolute Gasteiger partial charge is 0.223 e. The van der Waals surface area contributed by atoms with E-state index in [0.717, 1.165) is 32.9 Å². The van der Waals surface area contributed by atoms with E-state index >= 15 is 0 Å². The summed E-state index contributed by atoms with van der Waals surface area (Å²) in [5, 5.41) is 5.96. The fourth-order valence-electron chi connectivity index (χ4n) is 3.50. The highest BCUT2D eigenvalue weighted by molar-refractivity contribution is 6.29. The number of hydrogen-bond donors (Lipinski definition) is 0. The average Bonchev–Trinajstić information content (AvgIpc) is 2.66. The van der Waals surface area contributed by atoms with Crippen LogP contribution in [-0.4, -0.2) is 9.97 Å². The van der Waals surface area contributed by atoms with Crippen molar-refractivity contribution in [3.05, 3.63) is 84.1 Å². The first-order valence-electron chi connectivity index (χ1n) is 8.14. The summed E-state index contributed by atoms with van der Waals surface area (Å²) in [5.74, 6) is 0. The quantitative estimate of drug-likeness (QED) is 0.266. The molecule has 1 heterocycles. The molecule has 0 bridgehead atoms. The molecule has 0 aliphatic carbocycles. The maximum absolute atomic E-state index is 6.25. The van der Waals surface area contributed by atoms with Crippen LogP contribution in [0.4, 0.5) is 0 Å². The average molecular weight is 341 g/mol. The lowest BCUT2D eigenvalue weighted by atomic mass is 9.96. The van der Waals surface area contributed by atoms with Gasteiger partial charge in [0.2, 0.25) is 5.28 Å². The number of benzene rings is 4. The Morgan fingerprint density at radius 1 is 0.600 bits per heavy atom. The Morgan fingerprint density at radius 3 is 2.12 bits per heavy atom. The smallest absolute Gasteiger partial charge is 0.218 e. The minimum atomic E-state index is 0.269. The Labute approximate surface area is 149 Å². The van der Waals surface area contributed by atoms with E-state index < -0.39 is 0 Å². The van der Waals surface area contributed by atoms with Crippen molar-refractivity contribution < 1.29 is 0 Å². The highest BCUT2D eigenvalue weighted by Gasteiger charge is 2.14. The van der Waals surface area contributed by atoms with Gasteiger partial charge in [-0.1, -0.05) is 72.8 Å². The number of hydrogen-bond acceptors (Lipinski definition) is 2. The van der Waals surface area contributed by atoms with Crippen LogP contribution in [0.15, 0.2) is 78.9 Å². The summed E-state index contributed by atoms with van der Waals surface area (Å²) < 4.78 is 0. The molecule has 0 fully saturated rings. The molecule has 0 aliphatic rings. The molecule has 0 radical (unpaired) electrons. The van der Waals surface area contributed by atoms with Gasteiger partial charge in [0, 0.05) is 10.9 Å². The summed E-state index contributed by atoms with van der Waals surface area (Å²) in [6, 6.07) is 27.0. The topological polar surface area (TPSA) is 25.8 Å². The molecule has 118 valence electrons. The molecule has 0 aliphatic heterocycles. The van der Waals surface area contributed by atoms with Crippen LogP contribution in [0.3, 0.4) is 0 Å². The zero-order chi connectivity index (χ0) is 16.8. The lowest BCUT2D eigenvalue weighted by Crippen LogP contribution is -1.93. The van der Waals surface area contributed by atoms with E-state index in [0.29, 0.717) is 0 Å². The van der Waals surface area contributed by atoms with E-state index in [-0.39, 0.29) is 5.28 Å². The van der Waals surface area contributed by atoms with E-state index in [9.17, 15) is 0 Å². The minimum absolute atomic E-state index is 0.269. The predicted octanol–water partition coefficient (Wildman–Crippen LogP) is 6.26. The van der Waals surface area contributed by atoms with Crippen molar-refractivity contribution in [2.45, 2.75) is 0 Å². The van der Waals surface area contributed by atoms with Gasteiger partial charge in [-0.05, 0) is 39.2 Å². The van der Waals surface area contributed by atoms with Crippen LogP contribution in [0.2, 0.25) is 5.28 Å². The summed E-state index contributed by atoms with van der Waals surface area (Å²) in [6.45, 7) is 0. The van der Waals surface area contributed by atoms with Crippen LogP contribution in [-0.2, 0) is 0 Å². The fourth-order valence-corrected chi connectivity index (χ4v) is 3.68. The zero-order valence-electron chi connectivity index (χ0n) is 13.3. The number of halogens is 1. The first kappa shape index (κ1) is 14.4. The summed E-state index contributed by atoms with van der Waals surface area (Å²) in [4.78, 5) is 9.07. The zero-order valence-corrected chi connectivity index (χ0v) is 14.0. The van der Waals surface area contributed by atoms with Crippen LogP contribution in [0.25, 0.3) is 43.7 Å². The van der Waals surface area contributed by atoms with Crippen LogP contribution < -0.4 is 0 Å². The van der Waals surface area contributed by atoms with Gasteiger partial charge in [-0.15, -0.1) is 0 Å². The van der Waals surface area contributed by atoms with Crippen LogP contribution >= 0.6 is 11.6 Å². The van der Waals surface area contributed by atoms with Gasteiger partial charge < -0.3 is 0 Å². The molecule has 0 amide bonds. The van der Waals surface area contributed by atoms with E-state index in [2.05, 4.69) is 64.6 Å². The number of aromatic nitrogens is 2. The summed E-state index contributed by atoms with van der Waals surface area (Å²) in [5.41, 5.74) is 2.81.